The van der Waals surface area contributed by atoms with Crippen molar-refractivity contribution >= 4 is 123 Å². The Balaban J connectivity index is 1.20. The molecule has 0 fully saturated rings. The average molecular weight is 1820 g/mol. The zero-order valence-electron chi connectivity index (χ0n) is 118. The minimum Gasteiger partial charge on any atom is -0.310 e. The molecule has 15 aromatic carbocycles. The first-order chi connectivity index (χ1) is 78.0. The van der Waals surface area contributed by atoms with Gasteiger partial charge in [-0.1, -0.05) is 389 Å². The lowest BCUT2D eigenvalue weighted by Crippen LogP contribution is -2.61. The van der Waals surface area contributed by atoms with Gasteiger partial charge in [0.05, 0.1) is 96.8 Å². The molecule has 5 heterocycles. The summed E-state index contributed by atoms with van der Waals surface area (Å²) in [7, 11) is 0. The zero-order chi connectivity index (χ0) is 126. The molecule has 2 aliphatic rings. The van der Waals surface area contributed by atoms with Crippen molar-refractivity contribution in [3.05, 3.63) is 346 Å². The molecule has 18 aromatic rings. The highest BCUT2D eigenvalue weighted by atomic mass is 15.2. The van der Waals surface area contributed by atoms with E-state index in [-0.39, 0.29) is 123 Å². The summed E-state index contributed by atoms with van der Waals surface area (Å²) in [6, 6.07) is 1.84. The molecule has 0 radical (unpaired) electrons. The minimum atomic E-state index is -1.59. The quantitative estimate of drug-likeness (QED) is 0.134. The predicted molar refractivity (Wildman–Crippen MR) is 592 cm³/mol. The first kappa shape index (κ1) is 59.4. The number of hydrogen-bond donors (Lipinski definition) is 0. The predicted octanol–water partition coefficient (Wildman–Crippen LogP) is 34.7. The van der Waals surface area contributed by atoms with Gasteiger partial charge >= 0.3 is 0 Å². The largest absolute Gasteiger partial charge is 0.310 e. The van der Waals surface area contributed by atoms with Crippen LogP contribution in [0.4, 0.5) is 34.1 Å². The number of benzene rings is 15. The molecule has 0 N–H and O–H groups in total. The Morgan fingerprint density at radius 3 is 0.868 bits per heavy atom. The number of para-hydroxylation sites is 4. The molecule has 0 saturated heterocycles. The van der Waals surface area contributed by atoms with E-state index in [4.69, 9.17) is 0 Å². The van der Waals surface area contributed by atoms with Gasteiger partial charge in [-0.3, -0.25) is 0 Å². The van der Waals surface area contributed by atoms with Crippen molar-refractivity contribution in [3.8, 4) is 61.6 Å². The highest BCUT2D eigenvalue weighted by molar-refractivity contribution is 7.00. The summed E-state index contributed by atoms with van der Waals surface area (Å²) in [5.74, 6) is 0. The van der Waals surface area contributed by atoms with Gasteiger partial charge in [0.2, 0.25) is 0 Å². The van der Waals surface area contributed by atoms with Crippen LogP contribution in [-0.4, -0.2) is 20.4 Å². The second kappa shape index (κ2) is 31.5. The Bertz CT molecular complexity index is 9750. The van der Waals surface area contributed by atoms with E-state index in [1.807, 2.05) is 42.5 Å². The van der Waals surface area contributed by atoms with Crippen LogP contribution in [0.1, 0.15) is 310 Å². The third-order valence-electron chi connectivity index (χ3n) is 26.6. The smallest absolute Gasteiger partial charge is 0.252 e. The summed E-state index contributed by atoms with van der Waals surface area (Å²) in [6.07, 6.45) is 0. The second-order valence-corrected chi connectivity index (χ2v) is 47.3. The monoisotopic (exact) mass is 1810 g/mol. The number of fused-ring (bicyclic) bond motifs is 13. The lowest BCUT2D eigenvalue weighted by molar-refractivity contribution is 0.568. The SMILES string of the molecule is [2H]c1c([2H])c(C(C)(C)C)c(-c2c([2H])c(C(C)(C)C)c([2H])c(-c3c([2H])c([2H])c(C(C)(C)C)c([2H])c3[2H])c2N2c3cc(-n4c5ccc(C(C)(C)C)cc5c5cc(C(C)(C)C)ccc54)ccc3B3c4ccc(-n5c6c([2H])c([2H])c([2H])c([2H])c6c6c([2H])c([2H])c([2H])c([2H])c65)cc4N(c4c(-c5c([2H])c([2H])c(C(C)(C)C)c([2H])c5[2H])c([2H])c(C(C)(C)C)c([2H])c4-c4c([2H])c(C(C)(C)C)c([2H])c(C(C)(C)C)c4[2H])c4cc(-n5c6c([2H])c([2H])c([2H])c([2H])c6c6c([2H])c([2H])c([2H])c([2H])c65)cc2c43)c(C(C)(C)C)c1[2H]. The van der Waals surface area contributed by atoms with E-state index in [0.29, 0.717) is 16.7 Å². The van der Waals surface area contributed by atoms with Crippen molar-refractivity contribution in [2.75, 3.05) is 9.80 Å². The van der Waals surface area contributed by atoms with Gasteiger partial charge in [-0.25, -0.2) is 0 Å². The van der Waals surface area contributed by atoms with Gasteiger partial charge in [-0.05, 0) is 257 Å². The average Bonchev–Trinajstić information content (AvgIpc) is 0.883. The molecule has 20 rings (SSSR count). The zero-order valence-corrected chi connectivity index (χ0v) is 83.9. The van der Waals surface area contributed by atoms with E-state index in [1.165, 1.54) is 38.3 Å². The number of rotatable bonds is 9. The van der Waals surface area contributed by atoms with Gasteiger partial charge in [-0.2, -0.15) is 0 Å². The fourth-order valence-corrected chi connectivity index (χ4v) is 19.2. The second-order valence-electron chi connectivity index (χ2n) is 47.3. The molecule has 0 saturated carbocycles. The Kier molecular flexibility index (Phi) is 13.7. The van der Waals surface area contributed by atoms with Crippen molar-refractivity contribution in [2.24, 2.45) is 0 Å². The molecule has 0 atom stereocenters. The Labute approximate surface area is 858 Å². The van der Waals surface area contributed by atoms with Crippen LogP contribution < -0.4 is 26.2 Å². The maximum absolute atomic E-state index is 12.2. The fourth-order valence-electron chi connectivity index (χ4n) is 19.2. The van der Waals surface area contributed by atoms with Crippen molar-refractivity contribution in [3.63, 3.8) is 0 Å². The molecule has 0 spiro atoms. The number of nitrogens with zero attached hydrogens (tertiary/aromatic N) is 5. The van der Waals surface area contributed by atoms with Gasteiger partial charge in [0.1, 0.15) is 0 Å². The van der Waals surface area contributed by atoms with Crippen molar-refractivity contribution in [2.45, 2.75) is 262 Å². The maximum atomic E-state index is 12.2. The highest BCUT2D eigenvalue weighted by Gasteiger charge is 2.48. The summed E-state index contributed by atoms with van der Waals surface area (Å²) in [5.41, 5.74) is -16.0. The van der Waals surface area contributed by atoms with Gasteiger partial charge in [-0.15, -0.1) is 0 Å². The van der Waals surface area contributed by atoms with E-state index < -0.39 is 338 Å². The molecule has 3 aromatic heterocycles. The van der Waals surface area contributed by atoms with E-state index in [0.717, 1.165) is 21.9 Å². The normalized spacial score (nSPS) is 17.3. The van der Waals surface area contributed by atoms with Crippen LogP contribution in [0.3, 0.4) is 0 Å². The molecule has 0 unspecified atom stereocenters. The maximum Gasteiger partial charge on any atom is 0.252 e. The standard InChI is InChI=1S/C130H138BN5/c1-121(2,3)82-54-50-79(51-55-82)97-71-88(127(19,20)21)73-99(81-66-86(125(13,14)15)68-87(67-81)126(16,17)18)119(97)135-113-75-90(132-107-46-35-31-40-93(107)94-41-32-36-47-108(94)132)60-62-105(113)131-106-63-61-91(133-111-64-58-84(123(7,8)9)69-100(111)101-70-85(124(10,11)12)59-65-112(101)133)76-114(106)136(116-78-92(77-115(135)118(116)131)134-109-48-37-33-42-95(109)96-43-34-38-49-110(96)134)120-98(80-52-56-83(57-53-80)122(4,5)6)72-89(128(22,23)24)74-102(120)117-103(129(25,26)27)44-39-45-104(117)130(28,29)30/h31-78H,1-30H3/i31D,32D,33D,34D,35D,36D,37D,38D,39D,40D,41D,42D,43D,44D,45D,46D,47D,48D,49D,50D,51D,52D,53D,54D,55D,56D,57D,66D,67D,68D,71D,72D,73D,74D. The summed E-state index contributed by atoms with van der Waals surface area (Å²) >= 11 is 0. The van der Waals surface area contributed by atoms with Crippen LogP contribution in [0.25, 0.3) is 127 Å². The molecule has 0 amide bonds. The lowest BCUT2D eigenvalue weighted by atomic mass is 9.33. The topological polar surface area (TPSA) is 21.3 Å². The van der Waals surface area contributed by atoms with Gasteiger partial charge in [0.15, 0.2) is 0 Å². The Morgan fingerprint density at radius 2 is 0.522 bits per heavy atom. The molecule has 5 nitrogen and oxygen atoms in total. The van der Waals surface area contributed by atoms with Crippen LogP contribution in [-0.2, 0) is 54.1 Å². The Hall–Kier alpha value is -12.6. The number of hydrogen-bond acceptors (Lipinski definition) is 2. The summed E-state index contributed by atoms with van der Waals surface area (Å²) < 4.78 is 367. The first-order valence-corrected chi connectivity index (χ1v) is 47.1. The highest BCUT2D eigenvalue weighted by Crippen LogP contribution is 2.59. The van der Waals surface area contributed by atoms with Crippen LogP contribution in [0.15, 0.2) is 290 Å². The lowest BCUT2D eigenvalue weighted by Gasteiger charge is -2.46. The molecule has 2 aliphatic heterocycles. The van der Waals surface area contributed by atoms with E-state index in [1.54, 1.807) is 177 Å². The number of anilines is 6. The van der Waals surface area contributed by atoms with Crippen LogP contribution in [0, 0.1) is 0 Å². The van der Waals surface area contributed by atoms with Gasteiger partial charge in [0.25, 0.3) is 6.71 Å². The Morgan fingerprint density at radius 1 is 0.221 bits per heavy atom. The van der Waals surface area contributed by atoms with Crippen LogP contribution in [0.5, 0.6) is 0 Å². The molecule has 6 heteroatoms. The van der Waals surface area contributed by atoms with Crippen molar-refractivity contribution < 1.29 is 46.6 Å². The number of aromatic nitrogens is 3. The first-order valence-electron chi connectivity index (χ1n) is 64.1. The van der Waals surface area contributed by atoms with Crippen molar-refractivity contribution in [1.82, 2.24) is 13.7 Å². The minimum absolute atomic E-state index is 0.00281. The van der Waals surface area contributed by atoms with Crippen LogP contribution >= 0.6 is 0 Å². The summed E-state index contributed by atoms with van der Waals surface area (Å²) in [4.78, 5) is 3.14. The molecular formula is C130H138BN5. The van der Waals surface area contributed by atoms with Gasteiger partial charge < -0.3 is 23.5 Å². The van der Waals surface area contributed by atoms with E-state index in [9.17, 15) is 46.6 Å². The van der Waals surface area contributed by atoms with E-state index in [2.05, 4.69) is 58.2 Å². The molecule has 686 valence electrons. The molecular weight excluding hydrogens is 1640 g/mol. The van der Waals surface area contributed by atoms with E-state index >= 15 is 0 Å². The molecule has 0 aliphatic carbocycles. The molecule has 0 bridgehead atoms. The molecule has 136 heavy (non-hydrogen) atoms. The van der Waals surface area contributed by atoms with Crippen LogP contribution in [0.2, 0.25) is 0 Å². The summed E-state index contributed by atoms with van der Waals surface area (Å²) in [6.45, 7) is 53.0. The van der Waals surface area contributed by atoms with Crippen molar-refractivity contribution in [1.29, 1.82) is 0 Å². The van der Waals surface area contributed by atoms with Gasteiger partial charge in [0, 0.05) is 88.7 Å². The third-order valence-corrected chi connectivity index (χ3v) is 26.6. The third kappa shape index (κ3) is 15.4. The fraction of sp³-hybridized carbons (Fsp3) is 0.308. The summed E-state index contributed by atoms with van der Waals surface area (Å²) in [5, 5.41) is -0.142.